The first-order chi connectivity index (χ1) is 5.75. The number of hydrogen-bond donors (Lipinski definition) is 1. The zero-order valence-electron chi connectivity index (χ0n) is 6.40. The lowest BCUT2D eigenvalue weighted by Crippen LogP contribution is -2.06. The fourth-order valence-corrected chi connectivity index (χ4v) is 0.929. The summed E-state index contributed by atoms with van der Waals surface area (Å²) in [4.78, 5) is 25.2. The quantitative estimate of drug-likeness (QED) is 0.592. The van der Waals surface area contributed by atoms with Crippen LogP contribution in [0.25, 0.3) is 11.2 Å². The lowest BCUT2D eigenvalue weighted by atomic mass is 10.5. The molecule has 2 heterocycles. The summed E-state index contributed by atoms with van der Waals surface area (Å²) < 4.78 is 0. The van der Waals surface area contributed by atoms with Crippen molar-refractivity contribution in [1.29, 1.82) is 0 Å². The molecule has 0 bridgehead atoms. The van der Waals surface area contributed by atoms with Gasteiger partial charge in [0.15, 0.2) is 5.65 Å². The molecular weight excluding hydrogens is 156 g/mol. The number of aromatic amines is 1. The van der Waals surface area contributed by atoms with Gasteiger partial charge < -0.3 is 4.98 Å². The largest absolute Gasteiger partial charge is 0.317 e. The second-order valence-electron chi connectivity index (χ2n) is 2.40. The third-order valence-corrected chi connectivity index (χ3v) is 1.45. The smallest absolute Gasteiger partial charge is 0.267 e. The highest BCUT2D eigenvalue weighted by Crippen LogP contribution is 1.99. The molecule has 60 valence electrons. The van der Waals surface area contributed by atoms with Crippen LogP contribution in [-0.4, -0.2) is 19.9 Å². The molecule has 0 atom stereocenters. The van der Waals surface area contributed by atoms with Gasteiger partial charge in [-0.05, 0) is 6.92 Å². The van der Waals surface area contributed by atoms with Gasteiger partial charge in [-0.15, -0.1) is 0 Å². The van der Waals surface area contributed by atoms with Gasteiger partial charge in [0.1, 0.15) is 11.3 Å². The third kappa shape index (κ3) is 1.05. The molecule has 0 spiro atoms. The second kappa shape index (κ2) is 2.37. The van der Waals surface area contributed by atoms with Crippen LogP contribution in [0.5, 0.6) is 0 Å². The Balaban J connectivity index is 2.87. The molecule has 1 N–H and O–H groups in total. The van der Waals surface area contributed by atoms with Gasteiger partial charge in [0.25, 0.3) is 5.56 Å². The van der Waals surface area contributed by atoms with E-state index in [9.17, 15) is 4.79 Å². The summed E-state index contributed by atoms with van der Waals surface area (Å²) in [6.45, 7) is 1.77. The lowest BCUT2D eigenvalue weighted by molar-refractivity contribution is 1.05. The first-order valence-corrected chi connectivity index (χ1v) is 3.44. The van der Waals surface area contributed by atoms with Crippen LogP contribution in [-0.2, 0) is 0 Å². The van der Waals surface area contributed by atoms with Crippen molar-refractivity contribution in [2.45, 2.75) is 6.92 Å². The summed E-state index contributed by atoms with van der Waals surface area (Å²) in [5.41, 5.74) is 0.838. The van der Waals surface area contributed by atoms with Gasteiger partial charge in [-0.1, -0.05) is 0 Å². The molecule has 0 saturated heterocycles. The number of fused-ring (bicyclic) bond motifs is 1. The van der Waals surface area contributed by atoms with Crippen LogP contribution in [0.1, 0.15) is 5.82 Å². The standard InChI is InChI=1S/C7H6N4O/c1-4-8-2-5-7(10-4)9-3-6(12)11-5/h2-3H,1H3,(H,11,12). The number of H-pyrrole nitrogens is 1. The molecule has 2 rings (SSSR count). The number of rotatable bonds is 0. The van der Waals surface area contributed by atoms with Crippen LogP contribution in [0.15, 0.2) is 17.2 Å². The van der Waals surface area contributed by atoms with E-state index in [2.05, 4.69) is 19.9 Å². The van der Waals surface area contributed by atoms with Crippen molar-refractivity contribution in [3.05, 3.63) is 28.6 Å². The minimum Gasteiger partial charge on any atom is -0.317 e. The molecule has 0 radical (unpaired) electrons. The van der Waals surface area contributed by atoms with Crippen molar-refractivity contribution < 1.29 is 0 Å². The van der Waals surface area contributed by atoms with Crippen LogP contribution in [0.4, 0.5) is 0 Å². The third-order valence-electron chi connectivity index (χ3n) is 1.45. The fourth-order valence-electron chi connectivity index (χ4n) is 0.929. The minimum atomic E-state index is -0.241. The SMILES string of the molecule is Cc1ncc2[nH]c(=O)cnc2n1. The van der Waals surface area contributed by atoms with E-state index in [1.807, 2.05) is 0 Å². The first-order valence-electron chi connectivity index (χ1n) is 3.44. The van der Waals surface area contributed by atoms with Crippen LogP contribution in [0.2, 0.25) is 0 Å². The number of nitrogens with one attached hydrogen (secondary N) is 1. The van der Waals surface area contributed by atoms with Gasteiger partial charge in [-0.3, -0.25) is 4.79 Å². The van der Waals surface area contributed by atoms with Crippen LogP contribution in [0, 0.1) is 6.92 Å². The Kier molecular flexibility index (Phi) is 1.36. The predicted molar refractivity (Wildman–Crippen MR) is 42.7 cm³/mol. The summed E-state index contributed by atoms with van der Waals surface area (Å²) in [5, 5.41) is 0. The van der Waals surface area contributed by atoms with E-state index >= 15 is 0 Å². The highest BCUT2D eigenvalue weighted by atomic mass is 16.1. The maximum absolute atomic E-state index is 10.8. The van der Waals surface area contributed by atoms with E-state index in [-0.39, 0.29) is 5.56 Å². The fraction of sp³-hybridized carbons (Fsp3) is 0.143. The van der Waals surface area contributed by atoms with Crippen molar-refractivity contribution in [2.75, 3.05) is 0 Å². The molecule has 0 saturated carbocycles. The molecule has 5 nitrogen and oxygen atoms in total. The molecule has 0 amide bonds. The minimum absolute atomic E-state index is 0.241. The maximum atomic E-state index is 10.8. The molecule has 2 aromatic heterocycles. The topological polar surface area (TPSA) is 71.5 Å². The maximum Gasteiger partial charge on any atom is 0.267 e. The van der Waals surface area contributed by atoms with Crippen LogP contribution < -0.4 is 5.56 Å². The normalized spacial score (nSPS) is 10.4. The van der Waals surface area contributed by atoms with E-state index in [1.54, 1.807) is 13.1 Å². The summed E-state index contributed by atoms with van der Waals surface area (Å²) in [5.74, 6) is 0.641. The Bertz CT molecular complexity index is 476. The molecule has 0 aliphatic rings. The Morgan fingerprint density at radius 2 is 2.17 bits per heavy atom. The zero-order chi connectivity index (χ0) is 8.55. The molecule has 5 heteroatoms. The first kappa shape index (κ1) is 6.90. The second-order valence-corrected chi connectivity index (χ2v) is 2.40. The van der Waals surface area contributed by atoms with Crippen molar-refractivity contribution in [2.24, 2.45) is 0 Å². The van der Waals surface area contributed by atoms with Crippen molar-refractivity contribution in [3.8, 4) is 0 Å². The molecular formula is C7H6N4O. The van der Waals surface area contributed by atoms with E-state index in [0.29, 0.717) is 17.0 Å². The van der Waals surface area contributed by atoms with E-state index in [0.717, 1.165) is 0 Å². The van der Waals surface area contributed by atoms with Gasteiger partial charge in [-0.25, -0.2) is 15.0 Å². The number of hydrogen-bond acceptors (Lipinski definition) is 4. The van der Waals surface area contributed by atoms with E-state index in [4.69, 9.17) is 0 Å². The summed E-state index contributed by atoms with van der Waals surface area (Å²) in [7, 11) is 0. The molecule has 0 aliphatic heterocycles. The van der Waals surface area contributed by atoms with E-state index < -0.39 is 0 Å². The number of aryl methyl sites for hydroxylation is 1. The van der Waals surface area contributed by atoms with Crippen molar-refractivity contribution in [1.82, 2.24) is 19.9 Å². The Morgan fingerprint density at radius 3 is 3.00 bits per heavy atom. The van der Waals surface area contributed by atoms with E-state index in [1.165, 1.54) is 6.20 Å². The molecule has 12 heavy (non-hydrogen) atoms. The Morgan fingerprint density at radius 1 is 1.33 bits per heavy atom. The molecule has 0 unspecified atom stereocenters. The molecule has 2 aromatic rings. The predicted octanol–water partition coefficient (Wildman–Crippen LogP) is 0.0215. The summed E-state index contributed by atoms with van der Waals surface area (Å²) in [6.07, 6.45) is 2.75. The van der Waals surface area contributed by atoms with Gasteiger partial charge >= 0.3 is 0 Å². The highest BCUT2D eigenvalue weighted by molar-refractivity contribution is 5.67. The lowest BCUT2D eigenvalue weighted by Gasteiger charge is -1.94. The summed E-state index contributed by atoms with van der Waals surface area (Å²) >= 11 is 0. The average molecular weight is 162 g/mol. The molecule has 0 aromatic carbocycles. The van der Waals surface area contributed by atoms with Gasteiger partial charge in [0.05, 0.1) is 12.4 Å². The molecule has 0 aliphatic carbocycles. The number of nitrogens with zero attached hydrogens (tertiary/aromatic N) is 3. The Hall–Kier alpha value is -1.78. The van der Waals surface area contributed by atoms with Gasteiger partial charge in [0, 0.05) is 0 Å². The van der Waals surface area contributed by atoms with Crippen LogP contribution >= 0.6 is 0 Å². The Labute approximate surface area is 67.5 Å². The summed E-state index contributed by atoms with van der Waals surface area (Å²) in [6, 6.07) is 0. The van der Waals surface area contributed by atoms with Gasteiger partial charge in [-0.2, -0.15) is 0 Å². The van der Waals surface area contributed by atoms with Crippen molar-refractivity contribution in [3.63, 3.8) is 0 Å². The highest BCUT2D eigenvalue weighted by Gasteiger charge is 1.96. The zero-order valence-corrected chi connectivity index (χ0v) is 6.40. The van der Waals surface area contributed by atoms with Crippen LogP contribution in [0.3, 0.4) is 0 Å². The molecule has 0 fully saturated rings. The number of aromatic nitrogens is 4. The van der Waals surface area contributed by atoms with Gasteiger partial charge in [0.2, 0.25) is 0 Å². The van der Waals surface area contributed by atoms with Crippen molar-refractivity contribution >= 4 is 11.2 Å². The monoisotopic (exact) mass is 162 g/mol. The average Bonchev–Trinajstić information content (AvgIpc) is 2.05.